The number of nitrogens with zero attached hydrogens (tertiary/aromatic N) is 5. The molecule has 0 bridgehead atoms. The number of aromatic nitrogens is 3. The van der Waals surface area contributed by atoms with Crippen molar-refractivity contribution in [2.24, 2.45) is 0 Å². The van der Waals surface area contributed by atoms with Crippen molar-refractivity contribution in [2.45, 2.75) is 39.2 Å². The standard InChI is InChI=1S/C22H30N6O3/c1-15-12-19(25-21(30)16(2)29)23-14-17(15)18-13-20(27-8-10-31-11-9-27)26-22(24-18)28-6-4-3-5-7-28/h12-14,16,29H,3-11H2,1-2H3,(H,23,25,30). The molecule has 2 aliphatic rings. The van der Waals surface area contributed by atoms with Gasteiger partial charge in [0.25, 0.3) is 5.91 Å². The van der Waals surface area contributed by atoms with Crippen LogP contribution in [-0.2, 0) is 9.53 Å². The molecule has 4 rings (SSSR count). The van der Waals surface area contributed by atoms with E-state index in [0.717, 1.165) is 67.6 Å². The Bertz CT molecular complexity index is 887. The van der Waals surface area contributed by atoms with E-state index in [4.69, 9.17) is 14.7 Å². The first kappa shape index (κ1) is 21.5. The maximum Gasteiger partial charge on any atom is 0.254 e. The van der Waals surface area contributed by atoms with Crippen LogP contribution in [0.2, 0.25) is 0 Å². The first-order valence-corrected chi connectivity index (χ1v) is 10.9. The number of morpholine rings is 1. The molecule has 1 amide bonds. The molecule has 0 radical (unpaired) electrons. The Labute approximate surface area is 182 Å². The Morgan fingerprint density at radius 2 is 1.84 bits per heavy atom. The highest BCUT2D eigenvalue weighted by atomic mass is 16.5. The van der Waals surface area contributed by atoms with Gasteiger partial charge in [-0.05, 0) is 44.7 Å². The quantitative estimate of drug-likeness (QED) is 0.748. The van der Waals surface area contributed by atoms with Crippen molar-refractivity contribution in [2.75, 3.05) is 54.5 Å². The molecule has 0 saturated carbocycles. The summed E-state index contributed by atoms with van der Waals surface area (Å²) in [5.41, 5.74) is 2.65. The van der Waals surface area contributed by atoms with Gasteiger partial charge in [0.2, 0.25) is 5.95 Å². The van der Waals surface area contributed by atoms with Crippen LogP contribution in [0.25, 0.3) is 11.3 Å². The Morgan fingerprint density at radius 1 is 1.10 bits per heavy atom. The highest BCUT2D eigenvalue weighted by Crippen LogP contribution is 2.29. The lowest BCUT2D eigenvalue weighted by molar-refractivity contribution is -0.123. The van der Waals surface area contributed by atoms with Gasteiger partial charge in [-0.2, -0.15) is 4.98 Å². The molecule has 2 aromatic rings. The van der Waals surface area contributed by atoms with Crippen LogP contribution < -0.4 is 15.1 Å². The molecular weight excluding hydrogens is 396 g/mol. The molecule has 4 heterocycles. The van der Waals surface area contributed by atoms with E-state index in [-0.39, 0.29) is 0 Å². The lowest BCUT2D eigenvalue weighted by Gasteiger charge is -2.31. The third-order valence-electron chi connectivity index (χ3n) is 5.69. The fourth-order valence-electron chi connectivity index (χ4n) is 3.87. The molecule has 2 aliphatic heterocycles. The number of aliphatic hydroxyl groups is 1. The molecule has 0 aromatic carbocycles. The molecule has 31 heavy (non-hydrogen) atoms. The largest absolute Gasteiger partial charge is 0.384 e. The number of aryl methyl sites for hydroxylation is 1. The summed E-state index contributed by atoms with van der Waals surface area (Å²) in [7, 11) is 0. The number of nitrogens with one attached hydrogen (secondary N) is 1. The summed E-state index contributed by atoms with van der Waals surface area (Å²) in [5.74, 6) is 1.58. The monoisotopic (exact) mass is 426 g/mol. The first-order valence-electron chi connectivity index (χ1n) is 10.9. The van der Waals surface area contributed by atoms with E-state index in [2.05, 4.69) is 20.1 Å². The van der Waals surface area contributed by atoms with E-state index >= 15 is 0 Å². The smallest absolute Gasteiger partial charge is 0.254 e. The predicted octanol–water partition coefficient (Wildman–Crippen LogP) is 1.99. The molecule has 2 saturated heterocycles. The number of piperidine rings is 1. The van der Waals surface area contributed by atoms with E-state index < -0.39 is 12.0 Å². The van der Waals surface area contributed by atoms with Crippen LogP contribution in [0.3, 0.4) is 0 Å². The second-order valence-corrected chi connectivity index (χ2v) is 8.11. The van der Waals surface area contributed by atoms with Gasteiger partial charge in [0, 0.05) is 44.0 Å². The van der Waals surface area contributed by atoms with Crippen LogP contribution in [0.1, 0.15) is 31.7 Å². The molecule has 2 fully saturated rings. The van der Waals surface area contributed by atoms with Gasteiger partial charge in [-0.3, -0.25) is 4.79 Å². The van der Waals surface area contributed by atoms with E-state index in [1.54, 1.807) is 12.3 Å². The Kier molecular flexibility index (Phi) is 6.62. The average Bonchev–Trinajstić information content (AvgIpc) is 2.80. The average molecular weight is 427 g/mol. The van der Waals surface area contributed by atoms with Crippen molar-refractivity contribution in [3.05, 3.63) is 23.9 Å². The normalized spacial score (nSPS) is 18.0. The van der Waals surface area contributed by atoms with Gasteiger partial charge < -0.3 is 25.0 Å². The number of hydrogen-bond acceptors (Lipinski definition) is 8. The molecule has 9 heteroatoms. The number of hydrogen-bond donors (Lipinski definition) is 2. The molecule has 1 unspecified atom stereocenters. The molecule has 0 spiro atoms. The van der Waals surface area contributed by atoms with Gasteiger partial charge in [0.05, 0.1) is 18.9 Å². The molecule has 2 aromatic heterocycles. The fourth-order valence-corrected chi connectivity index (χ4v) is 3.87. The van der Waals surface area contributed by atoms with Crippen molar-refractivity contribution in [1.29, 1.82) is 0 Å². The zero-order valence-corrected chi connectivity index (χ0v) is 18.2. The van der Waals surface area contributed by atoms with Crippen molar-refractivity contribution in [3.8, 4) is 11.3 Å². The molecule has 1 atom stereocenters. The number of pyridine rings is 1. The molecule has 0 aliphatic carbocycles. The highest BCUT2D eigenvalue weighted by molar-refractivity contribution is 5.93. The summed E-state index contributed by atoms with van der Waals surface area (Å²) < 4.78 is 5.51. The summed E-state index contributed by atoms with van der Waals surface area (Å²) in [4.78, 5) is 30.4. The Morgan fingerprint density at radius 3 is 2.52 bits per heavy atom. The summed E-state index contributed by atoms with van der Waals surface area (Å²) in [6.07, 6.45) is 4.18. The van der Waals surface area contributed by atoms with E-state index in [0.29, 0.717) is 19.0 Å². The number of rotatable bonds is 5. The number of aliphatic hydroxyl groups excluding tert-OH is 1. The van der Waals surface area contributed by atoms with Gasteiger partial charge >= 0.3 is 0 Å². The minimum Gasteiger partial charge on any atom is -0.384 e. The van der Waals surface area contributed by atoms with Crippen LogP contribution in [0, 0.1) is 6.92 Å². The number of anilines is 3. The van der Waals surface area contributed by atoms with Gasteiger partial charge in [0.15, 0.2) is 0 Å². The van der Waals surface area contributed by atoms with Gasteiger partial charge in [-0.15, -0.1) is 0 Å². The Hall–Kier alpha value is -2.78. The molecule has 166 valence electrons. The molecule has 2 N–H and O–H groups in total. The summed E-state index contributed by atoms with van der Waals surface area (Å²) >= 11 is 0. The molecule has 9 nitrogen and oxygen atoms in total. The van der Waals surface area contributed by atoms with Crippen LogP contribution >= 0.6 is 0 Å². The van der Waals surface area contributed by atoms with E-state index in [1.165, 1.54) is 13.3 Å². The first-order chi connectivity index (χ1) is 15.0. The zero-order chi connectivity index (χ0) is 21.8. The second kappa shape index (κ2) is 9.57. The van der Waals surface area contributed by atoms with Gasteiger partial charge in [-0.1, -0.05) is 0 Å². The summed E-state index contributed by atoms with van der Waals surface area (Å²) in [5, 5.41) is 12.0. The van der Waals surface area contributed by atoms with Gasteiger partial charge in [-0.25, -0.2) is 9.97 Å². The fraction of sp³-hybridized carbons (Fsp3) is 0.545. The summed E-state index contributed by atoms with van der Waals surface area (Å²) in [6, 6.07) is 3.81. The second-order valence-electron chi connectivity index (χ2n) is 8.11. The van der Waals surface area contributed by atoms with Crippen molar-refractivity contribution in [1.82, 2.24) is 15.0 Å². The number of amides is 1. The van der Waals surface area contributed by atoms with Crippen molar-refractivity contribution in [3.63, 3.8) is 0 Å². The van der Waals surface area contributed by atoms with E-state index in [1.807, 2.05) is 13.0 Å². The Balaban J connectivity index is 1.68. The lowest BCUT2D eigenvalue weighted by Crippen LogP contribution is -2.37. The topological polar surface area (TPSA) is 104 Å². The summed E-state index contributed by atoms with van der Waals surface area (Å²) in [6.45, 7) is 8.31. The van der Waals surface area contributed by atoms with Crippen molar-refractivity contribution < 1.29 is 14.6 Å². The highest BCUT2D eigenvalue weighted by Gasteiger charge is 2.21. The molecular formula is C22H30N6O3. The number of carbonyl (C=O) groups excluding carboxylic acids is 1. The van der Waals surface area contributed by atoms with Crippen LogP contribution in [0.15, 0.2) is 18.3 Å². The third-order valence-corrected chi connectivity index (χ3v) is 5.69. The minimum atomic E-state index is -1.09. The number of ether oxygens (including phenoxy) is 1. The zero-order valence-electron chi connectivity index (χ0n) is 18.2. The lowest BCUT2D eigenvalue weighted by atomic mass is 10.1. The van der Waals surface area contributed by atoms with Crippen LogP contribution in [-0.4, -0.2) is 71.5 Å². The number of carbonyl (C=O) groups is 1. The predicted molar refractivity (Wildman–Crippen MR) is 119 cm³/mol. The third kappa shape index (κ3) is 5.11. The van der Waals surface area contributed by atoms with Crippen LogP contribution in [0.5, 0.6) is 0 Å². The minimum absolute atomic E-state index is 0.408. The van der Waals surface area contributed by atoms with Crippen LogP contribution in [0.4, 0.5) is 17.6 Å². The maximum absolute atomic E-state index is 11.8. The van der Waals surface area contributed by atoms with Crippen molar-refractivity contribution >= 4 is 23.5 Å². The maximum atomic E-state index is 11.8. The van der Waals surface area contributed by atoms with E-state index in [9.17, 15) is 9.90 Å². The SMILES string of the molecule is Cc1cc(NC(=O)C(C)O)ncc1-c1cc(N2CCOCC2)nc(N2CCCCC2)n1. The van der Waals surface area contributed by atoms with Gasteiger partial charge in [0.1, 0.15) is 17.7 Å².